The Hall–Kier alpha value is -1.92. The van der Waals surface area contributed by atoms with Crippen molar-refractivity contribution < 1.29 is 9.31 Å². The lowest BCUT2D eigenvalue weighted by molar-refractivity contribution is -0.387. The number of nitro groups is 1. The molecule has 2 aromatic rings. The molecule has 2 rings (SSSR count). The maximum Gasteiger partial charge on any atom is 0.283 e. The number of hydrogen-bond donors (Lipinski definition) is 1. The highest BCUT2D eigenvalue weighted by Gasteiger charge is 2.15. The topological polar surface area (TPSA) is 69.2 Å². The second-order valence-electron chi connectivity index (χ2n) is 3.78. The van der Waals surface area contributed by atoms with Crippen molar-refractivity contribution in [3.05, 3.63) is 64.0 Å². The maximum absolute atomic E-state index is 13.1. The number of nitrogens with two attached hydrogens (primary N) is 1. The van der Waals surface area contributed by atoms with Gasteiger partial charge in [-0.05, 0) is 29.8 Å². The van der Waals surface area contributed by atoms with Gasteiger partial charge in [0.15, 0.2) is 0 Å². The van der Waals surface area contributed by atoms with Crippen LogP contribution in [0.15, 0.2) is 52.3 Å². The zero-order valence-electron chi connectivity index (χ0n) is 9.88. The van der Waals surface area contributed by atoms with Gasteiger partial charge in [-0.2, -0.15) is 0 Å². The summed E-state index contributed by atoms with van der Waals surface area (Å²) in [5, 5.41) is 10.9. The van der Waals surface area contributed by atoms with Crippen LogP contribution < -0.4 is 5.73 Å². The van der Waals surface area contributed by atoms with Gasteiger partial charge < -0.3 is 5.73 Å². The normalized spacial score (nSPS) is 10.4. The van der Waals surface area contributed by atoms with Crippen molar-refractivity contribution in [1.82, 2.24) is 0 Å². The third-order valence-electron chi connectivity index (χ3n) is 2.52. The smallest absolute Gasteiger partial charge is 0.283 e. The van der Waals surface area contributed by atoms with Gasteiger partial charge in [0.2, 0.25) is 0 Å². The van der Waals surface area contributed by atoms with Gasteiger partial charge in [0.25, 0.3) is 5.69 Å². The summed E-state index contributed by atoms with van der Waals surface area (Å²) < 4.78 is 13.1. The summed E-state index contributed by atoms with van der Waals surface area (Å²) in [5.41, 5.74) is 6.21. The van der Waals surface area contributed by atoms with Gasteiger partial charge in [-0.3, -0.25) is 10.1 Å². The number of benzene rings is 2. The Bertz CT molecular complexity index is 619. The van der Waals surface area contributed by atoms with Crippen molar-refractivity contribution in [2.75, 3.05) is 0 Å². The van der Waals surface area contributed by atoms with Gasteiger partial charge in [-0.15, -0.1) is 0 Å². The second kappa shape index (κ2) is 5.81. The fourth-order valence-corrected chi connectivity index (χ4v) is 2.66. The first kappa shape index (κ1) is 13.5. The van der Waals surface area contributed by atoms with Crippen LogP contribution in [0.5, 0.6) is 0 Å². The Labute approximate surface area is 113 Å². The zero-order chi connectivity index (χ0) is 13.8. The van der Waals surface area contributed by atoms with E-state index in [9.17, 15) is 14.5 Å². The molecule has 2 aromatic carbocycles. The van der Waals surface area contributed by atoms with E-state index in [0.29, 0.717) is 10.5 Å². The molecule has 0 saturated carbocycles. The number of nitrogens with zero attached hydrogens (tertiary/aromatic N) is 1. The highest BCUT2D eigenvalue weighted by Crippen LogP contribution is 2.36. The Morgan fingerprint density at radius 1 is 1.21 bits per heavy atom. The average molecular weight is 278 g/mol. The number of halogens is 1. The van der Waals surface area contributed by atoms with Gasteiger partial charge in [-0.1, -0.05) is 23.9 Å². The number of rotatable bonds is 4. The van der Waals surface area contributed by atoms with Crippen LogP contribution in [-0.4, -0.2) is 4.92 Å². The molecule has 0 fully saturated rings. The molecule has 0 radical (unpaired) electrons. The third kappa shape index (κ3) is 3.10. The van der Waals surface area contributed by atoms with Crippen LogP contribution in [0.3, 0.4) is 0 Å². The van der Waals surface area contributed by atoms with E-state index in [1.54, 1.807) is 24.3 Å². The van der Waals surface area contributed by atoms with E-state index in [1.807, 2.05) is 0 Å². The summed E-state index contributed by atoms with van der Waals surface area (Å²) in [7, 11) is 0. The third-order valence-corrected chi connectivity index (χ3v) is 3.71. The van der Waals surface area contributed by atoms with Crippen LogP contribution in [0.2, 0.25) is 0 Å². The first-order chi connectivity index (χ1) is 9.11. The average Bonchev–Trinajstić information content (AvgIpc) is 2.41. The maximum atomic E-state index is 13.1. The van der Waals surface area contributed by atoms with E-state index in [0.717, 1.165) is 4.90 Å². The Kier molecular flexibility index (Phi) is 4.13. The molecule has 0 heterocycles. The molecule has 4 nitrogen and oxygen atoms in total. The minimum absolute atomic E-state index is 0.0276. The lowest BCUT2D eigenvalue weighted by atomic mass is 10.2. The van der Waals surface area contributed by atoms with Gasteiger partial charge in [0.05, 0.1) is 9.82 Å². The van der Waals surface area contributed by atoms with E-state index in [-0.39, 0.29) is 18.0 Å². The zero-order valence-corrected chi connectivity index (χ0v) is 10.7. The minimum atomic E-state index is -0.437. The van der Waals surface area contributed by atoms with E-state index in [1.165, 1.54) is 30.0 Å². The van der Waals surface area contributed by atoms with Crippen LogP contribution in [0.4, 0.5) is 10.1 Å². The molecule has 0 aromatic heterocycles. The molecule has 2 N–H and O–H groups in total. The monoisotopic (exact) mass is 278 g/mol. The molecule has 0 aliphatic rings. The lowest BCUT2D eigenvalue weighted by Gasteiger charge is -2.07. The van der Waals surface area contributed by atoms with Gasteiger partial charge >= 0.3 is 0 Å². The van der Waals surface area contributed by atoms with Gasteiger partial charge in [-0.25, -0.2) is 4.39 Å². The molecular formula is C13H11FN2O2S. The van der Waals surface area contributed by atoms with Crippen molar-refractivity contribution in [3.8, 4) is 0 Å². The molecule has 0 saturated heterocycles. The van der Waals surface area contributed by atoms with Crippen molar-refractivity contribution in [3.63, 3.8) is 0 Å². The largest absolute Gasteiger partial charge is 0.326 e. The summed E-state index contributed by atoms with van der Waals surface area (Å²) in [6.45, 7) is 0.181. The summed E-state index contributed by atoms with van der Waals surface area (Å²) >= 11 is 1.21. The molecular weight excluding hydrogens is 267 g/mol. The van der Waals surface area contributed by atoms with Crippen molar-refractivity contribution in [2.24, 2.45) is 5.73 Å². The molecule has 0 aliphatic carbocycles. The minimum Gasteiger partial charge on any atom is -0.326 e. The van der Waals surface area contributed by atoms with Crippen molar-refractivity contribution >= 4 is 17.4 Å². The van der Waals surface area contributed by atoms with Crippen LogP contribution in [-0.2, 0) is 6.54 Å². The van der Waals surface area contributed by atoms with Crippen LogP contribution in [0, 0.1) is 15.9 Å². The molecule has 0 unspecified atom stereocenters. The summed E-state index contributed by atoms with van der Waals surface area (Å²) in [6.07, 6.45) is 0. The van der Waals surface area contributed by atoms with Crippen molar-refractivity contribution in [2.45, 2.75) is 16.3 Å². The highest BCUT2D eigenvalue weighted by atomic mass is 32.2. The standard InChI is InChI=1S/C13H11FN2O2S/c14-10-5-6-12(9(7-10)8-15)19-13-4-2-1-3-11(13)16(17)18/h1-7H,8,15H2. The predicted molar refractivity (Wildman–Crippen MR) is 71.5 cm³/mol. The molecule has 0 aliphatic heterocycles. The van der Waals surface area contributed by atoms with Crippen LogP contribution >= 0.6 is 11.8 Å². The SMILES string of the molecule is NCc1cc(F)ccc1Sc1ccccc1[N+](=O)[O-]. The molecule has 0 amide bonds. The van der Waals surface area contributed by atoms with Crippen molar-refractivity contribution in [1.29, 1.82) is 0 Å². The molecule has 0 bridgehead atoms. The number of nitro benzene ring substituents is 1. The van der Waals surface area contributed by atoms with Crippen LogP contribution in [0.25, 0.3) is 0 Å². The quantitative estimate of drug-likeness (QED) is 0.688. The van der Waals surface area contributed by atoms with Crippen LogP contribution in [0.1, 0.15) is 5.56 Å². The Balaban J connectivity index is 2.39. The summed E-state index contributed by atoms with van der Waals surface area (Å²) in [5.74, 6) is -0.368. The highest BCUT2D eigenvalue weighted by molar-refractivity contribution is 7.99. The van der Waals surface area contributed by atoms with E-state index in [2.05, 4.69) is 0 Å². The van der Waals surface area contributed by atoms with Gasteiger partial charge in [0.1, 0.15) is 5.82 Å². The molecule has 6 heteroatoms. The Morgan fingerprint density at radius 3 is 2.63 bits per heavy atom. The predicted octanol–water partition coefficient (Wildman–Crippen LogP) is 3.34. The van der Waals surface area contributed by atoms with E-state index >= 15 is 0 Å². The lowest BCUT2D eigenvalue weighted by Crippen LogP contribution is -1.99. The number of hydrogen-bond acceptors (Lipinski definition) is 4. The Morgan fingerprint density at radius 2 is 1.95 bits per heavy atom. The number of para-hydroxylation sites is 1. The molecule has 19 heavy (non-hydrogen) atoms. The fourth-order valence-electron chi connectivity index (χ4n) is 1.62. The first-order valence-corrected chi connectivity index (χ1v) is 6.33. The first-order valence-electron chi connectivity index (χ1n) is 5.51. The van der Waals surface area contributed by atoms with E-state index in [4.69, 9.17) is 5.73 Å². The summed E-state index contributed by atoms with van der Waals surface area (Å²) in [6, 6.07) is 10.7. The van der Waals surface area contributed by atoms with Gasteiger partial charge in [0, 0.05) is 17.5 Å². The molecule has 98 valence electrons. The van der Waals surface area contributed by atoms with E-state index < -0.39 is 4.92 Å². The molecule has 0 spiro atoms. The fraction of sp³-hybridized carbons (Fsp3) is 0.0769. The summed E-state index contributed by atoms with van der Waals surface area (Å²) in [4.78, 5) is 11.7. The second-order valence-corrected chi connectivity index (χ2v) is 4.87. The molecule has 0 atom stereocenters.